The molecule has 0 bridgehead atoms. The van der Waals surface area contributed by atoms with Crippen LogP contribution in [0.4, 0.5) is 28.4 Å². The van der Waals surface area contributed by atoms with E-state index in [1.165, 1.54) is 0 Å². The van der Waals surface area contributed by atoms with Crippen LogP contribution in [0.3, 0.4) is 0 Å². The Kier molecular flexibility index (Phi) is 25.9. The maximum Gasteiger partial charge on any atom is 0.345 e. The van der Waals surface area contributed by atoms with Crippen LogP contribution >= 0.6 is 0 Å². The first-order chi connectivity index (χ1) is 67.4. The molecule has 19 aromatic rings. The molecule has 0 aliphatic carbocycles. The van der Waals surface area contributed by atoms with E-state index in [2.05, 4.69) is 134 Å². The maximum absolute atomic E-state index is 12.7. The van der Waals surface area contributed by atoms with E-state index in [0.717, 1.165) is 231 Å². The number of hydrogen-bond acceptors (Lipinski definition) is 26. The van der Waals surface area contributed by atoms with Crippen LogP contribution in [0.5, 0.6) is 5.88 Å². The van der Waals surface area contributed by atoms with Gasteiger partial charge in [-0.25, -0.2) is 48.9 Å². The molecule has 0 saturated carbocycles. The largest absolute Gasteiger partial charge is 0.481 e. The number of piperazine rings is 3. The first-order valence-corrected chi connectivity index (χ1v) is 47.5. The second-order valence-electron chi connectivity index (χ2n) is 37.3. The van der Waals surface area contributed by atoms with Crippen LogP contribution in [0.25, 0.3) is 134 Å². The van der Waals surface area contributed by atoms with E-state index in [9.17, 15) is 24.0 Å². The van der Waals surface area contributed by atoms with Gasteiger partial charge in [-0.15, -0.1) is 0 Å². The highest BCUT2D eigenvalue weighted by Crippen LogP contribution is 2.34. The van der Waals surface area contributed by atoms with Crippen molar-refractivity contribution in [1.29, 1.82) is 0 Å². The summed E-state index contributed by atoms with van der Waals surface area (Å²) < 4.78 is 41.2. The zero-order valence-electron chi connectivity index (χ0n) is 79.4. The van der Waals surface area contributed by atoms with Crippen molar-refractivity contribution in [2.24, 2.45) is 0 Å². The molecule has 14 aromatic heterocycles. The predicted octanol–water partition coefficient (Wildman–Crippen LogP) is 15.9. The van der Waals surface area contributed by atoms with Crippen molar-refractivity contribution >= 4 is 106 Å². The Balaban J connectivity index is 0.000000107. The van der Waals surface area contributed by atoms with E-state index in [4.69, 9.17) is 26.8 Å². The molecular formula is C109H111N19O11. The lowest BCUT2D eigenvalue weighted by atomic mass is 10.0. The average Bonchev–Trinajstić information content (AvgIpc) is 1.72. The number of nitrogens with one attached hydrogen (secondary N) is 4. The molecular weight excluding hydrogens is 1750 g/mol. The van der Waals surface area contributed by atoms with Gasteiger partial charge in [0, 0.05) is 258 Å². The highest BCUT2D eigenvalue weighted by Gasteiger charge is 2.28. The van der Waals surface area contributed by atoms with Gasteiger partial charge < -0.3 is 95.1 Å². The summed E-state index contributed by atoms with van der Waals surface area (Å²) in [4.78, 5) is 100.0. The summed E-state index contributed by atoms with van der Waals surface area (Å²) in [5, 5.41) is 18.2. The SMILES string of the molecule is COc1cccc(-c2cc3ccc(N4CCNCC4)cc3oc2=O)n1.Cc1ccn2cc(-c3cc4ccc(N5CCCN(C)CC5)cc4oc3=O)nc2c1.Cc1ccn2cc(-c3cc4ccc(N5CCCNCC5)cc4oc3=O)nc2c1.Cc1ccn2cc(-c3cc4ccc(N5CCNC(C)(C)C5)cc4oc3=O)nc2c1.Cc1ccn2cc(-c3cc4ccc(N5CCN[C@H](C)C5)cc4oc3=O)nc2c1. The third-order valence-electron chi connectivity index (χ3n) is 26.3. The van der Waals surface area contributed by atoms with Crippen molar-refractivity contribution in [1.82, 2.24) is 68.7 Å². The number of aryl methyl sites for hydroxylation is 4. The van der Waals surface area contributed by atoms with Crippen molar-refractivity contribution in [2.75, 3.05) is 156 Å². The van der Waals surface area contributed by atoms with Crippen LogP contribution in [0.15, 0.2) is 284 Å². The number of methoxy groups -OCH3 is 1. The number of likely N-dealkylation sites (N-methyl/N-ethyl adjacent to an activating group) is 1. The molecule has 5 aliphatic rings. The van der Waals surface area contributed by atoms with Crippen LogP contribution in [0, 0.1) is 27.7 Å². The lowest BCUT2D eigenvalue weighted by Crippen LogP contribution is -2.57. The number of imidazole rings is 4. The Morgan fingerprint density at radius 1 is 0.345 bits per heavy atom. The Morgan fingerprint density at radius 3 is 1.08 bits per heavy atom. The van der Waals surface area contributed by atoms with Gasteiger partial charge in [0.15, 0.2) is 0 Å². The fourth-order valence-electron chi connectivity index (χ4n) is 18.8. The summed E-state index contributed by atoms with van der Waals surface area (Å²) in [7, 11) is 3.71. The summed E-state index contributed by atoms with van der Waals surface area (Å²) in [6.45, 7) is 32.2. The molecule has 5 fully saturated rings. The Hall–Kier alpha value is -15.3. The van der Waals surface area contributed by atoms with Gasteiger partial charge >= 0.3 is 28.1 Å². The Morgan fingerprint density at radius 2 is 0.691 bits per heavy atom. The molecule has 19 heterocycles. The second-order valence-corrected chi connectivity index (χ2v) is 37.3. The van der Waals surface area contributed by atoms with Crippen LogP contribution in [0.1, 0.15) is 55.9 Å². The number of benzene rings is 5. The van der Waals surface area contributed by atoms with Gasteiger partial charge in [0.05, 0.1) is 63.4 Å². The number of nitrogens with zero attached hydrogens (tertiary/aromatic N) is 15. The summed E-state index contributed by atoms with van der Waals surface area (Å²) in [5.41, 5.74) is 19.9. The maximum atomic E-state index is 12.7. The first kappa shape index (κ1) is 91.4. The zero-order valence-corrected chi connectivity index (χ0v) is 79.4. The second kappa shape index (κ2) is 39.4. The standard InChI is InChI=1S/2C23H24N4O2.2C22H22N4O2.C19H19N3O3/c1-15-6-8-26-13-19(25-21(26)10-15)18-11-16-4-5-17(12-20(16)29-22(18)28)27-9-7-24-23(2,3)14-27;1-16-6-9-27-15-20(24-22(27)12-16)19-13-17-4-5-18(14-21(17)29-23(19)28)26-8-3-7-25(2)10-11-26;1-14-5-7-26-13-19(24-21(26)9-14)18-10-16-3-4-17(11-20(16)28-22(18)27)25-8-6-23-15(2)12-25;1-15-5-9-26-14-19(24-21(26)11-15)18-12-16-3-4-17(13-20(16)28-22(18)27)25-8-2-6-23-7-10-25;1-24-18-4-2-3-16(21-18)15-11-13-5-6-14(12-17(13)25-19(15)23)22-9-7-20-8-10-22/h4-6,8,10-13,24H,7,9,14H2,1-3H3;4-6,9,12-15H,3,7-8,10-11H2,1-2H3;3-5,7,9-11,13,15,23H,6,8,12H2,1-2H3;3-5,9,11-14,23H,2,6-8,10H2,1H3;2-6,11-12,20H,7-10H2,1H3/t;;15-;;/m..1../s1. The van der Waals surface area contributed by atoms with E-state index >= 15 is 0 Å². The molecule has 5 aromatic carbocycles. The lowest BCUT2D eigenvalue weighted by molar-refractivity contribution is 0.353. The van der Waals surface area contributed by atoms with E-state index in [1.54, 1.807) is 25.3 Å². The van der Waals surface area contributed by atoms with Crippen LogP contribution in [-0.2, 0) is 0 Å². The molecule has 0 amide bonds. The molecule has 0 radical (unpaired) electrons. The number of aromatic nitrogens is 9. The predicted molar refractivity (Wildman–Crippen MR) is 551 cm³/mol. The van der Waals surface area contributed by atoms with Crippen molar-refractivity contribution in [3.8, 4) is 62.2 Å². The van der Waals surface area contributed by atoms with E-state index in [0.29, 0.717) is 96.1 Å². The summed E-state index contributed by atoms with van der Waals surface area (Å²) >= 11 is 0. The number of hydrogen-bond donors (Lipinski definition) is 4. The number of anilines is 5. The minimum absolute atomic E-state index is 0.0549. The zero-order chi connectivity index (χ0) is 95.7. The van der Waals surface area contributed by atoms with Gasteiger partial charge in [-0.2, -0.15) is 0 Å². The van der Waals surface area contributed by atoms with Gasteiger partial charge in [0.25, 0.3) is 0 Å². The number of ether oxygens (including phenoxy) is 1. The van der Waals surface area contributed by atoms with Gasteiger partial charge in [-0.1, -0.05) is 6.07 Å². The van der Waals surface area contributed by atoms with Crippen molar-refractivity contribution in [3.05, 3.63) is 312 Å². The van der Waals surface area contributed by atoms with Gasteiger partial charge in [-0.05, 0) is 249 Å². The highest BCUT2D eigenvalue weighted by atomic mass is 16.5. The third kappa shape index (κ3) is 20.4. The van der Waals surface area contributed by atoms with E-state index in [1.807, 2.05) is 234 Å². The van der Waals surface area contributed by atoms with Gasteiger partial charge in [0.2, 0.25) is 5.88 Å². The monoisotopic (exact) mass is 1860 g/mol. The topological polar surface area (TPSA) is 310 Å². The first-order valence-electron chi connectivity index (χ1n) is 47.5. The van der Waals surface area contributed by atoms with Crippen molar-refractivity contribution in [3.63, 3.8) is 0 Å². The smallest absolute Gasteiger partial charge is 0.345 e. The van der Waals surface area contributed by atoms with Crippen molar-refractivity contribution in [2.45, 2.75) is 72.9 Å². The quantitative estimate of drug-likeness (QED) is 0.0874. The van der Waals surface area contributed by atoms with E-state index < -0.39 is 5.63 Å². The molecule has 4 N–H and O–H groups in total. The molecule has 708 valence electrons. The molecule has 139 heavy (non-hydrogen) atoms. The summed E-state index contributed by atoms with van der Waals surface area (Å²) in [6.07, 6.45) is 17.5. The molecule has 5 aliphatic heterocycles. The molecule has 30 heteroatoms. The fourth-order valence-corrected chi connectivity index (χ4v) is 18.8. The number of pyridine rings is 5. The highest BCUT2D eigenvalue weighted by molar-refractivity contribution is 5.89. The Labute approximate surface area is 800 Å². The van der Waals surface area contributed by atoms with Crippen LogP contribution in [-0.4, -0.2) is 191 Å². The fraction of sp³-hybridized carbons (Fsp3) is 0.284. The minimum atomic E-state index is -0.397. The summed E-state index contributed by atoms with van der Waals surface area (Å²) in [5.74, 6) is 0.464. The summed E-state index contributed by atoms with van der Waals surface area (Å²) in [6, 6.07) is 61.5. The Bertz CT molecular complexity index is 7980. The van der Waals surface area contributed by atoms with Gasteiger partial charge in [-0.3, -0.25) is 0 Å². The molecule has 1 atom stereocenters. The average molecular weight is 1860 g/mol. The molecule has 30 nitrogen and oxygen atoms in total. The number of fused-ring (bicyclic) bond motifs is 9. The minimum Gasteiger partial charge on any atom is -0.481 e. The molecule has 0 spiro atoms. The number of rotatable bonds is 11. The normalized spacial score (nSPS) is 16.0. The van der Waals surface area contributed by atoms with E-state index in [-0.39, 0.29) is 28.0 Å². The van der Waals surface area contributed by atoms with Crippen molar-refractivity contribution < 1.29 is 26.8 Å². The molecule has 24 rings (SSSR count). The third-order valence-corrected chi connectivity index (χ3v) is 26.3. The van der Waals surface area contributed by atoms with Crippen LogP contribution in [0.2, 0.25) is 0 Å². The van der Waals surface area contributed by atoms with Gasteiger partial charge in [0.1, 0.15) is 50.5 Å². The molecule has 5 saturated heterocycles. The van der Waals surface area contributed by atoms with Crippen LogP contribution < -0.4 is 78.6 Å². The lowest BCUT2D eigenvalue weighted by Gasteiger charge is -2.40. The molecule has 0 unspecified atom stereocenters.